The number of hydrogen-bond acceptors (Lipinski definition) is 2. The van der Waals surface area contributed by atoms with E-state index in [0.29, 0.717) is 11.8 Å². The highest BCUT2D eigenvalue weighted by Gasteiger charge is 2.61. The van der Waals surface area contributed by atoms with Gasteiger partial charge in [0.05, 0.1) is 0 Å². The summed E-state index contributed by atoms with van der Waals surface area (Å²) in [6, 6.07) is 48.2. The summed E-state index contributed by atoms with van der Waals surface area (Å²) in [5.74, 6) is 5.30. The largest absolute Gasteiger partial charge is 0.457 e. The second-order valence-electron chi connectivity index (χ2n) is 18.9. The Labute approximate surface area is 321 Å². The fraction of sp³-hybridized carbons (Fsp3) is 0.346. The summed E-state index contributed by atoms with van der Waals surface area (Å²) in [5.41, 5.74) is 12.2. The van der Waals surface area contributed by atoms with E-state index in [2.05, 4.69) is 160 Å². The SMILES string of the molecule is CC1(C)CCC(C)(C)c2cc(N(c3ccc(-c4cccc5ccccc45)cc3)c3ccc4c(c3)Oc3ccccc3C43C4CC5CC(C4)CC3C5)ccc21. The van der Waals surface area contributed by atoms with Gasteiger partial charge in [-0.3, -0.25) is 0 Å². The molecule has 4 fully saturated rings. The molecular weight excluding hydrogens is 655 g/mol. The van der Waals surface area contributed by atoms with Crippen LogP contribution >= 0.6 is 0 Å². The van der Waals surface area contributed by atoms with E-state index in [-0.39, 0.29) is 16.2 Å². The van der Waals surface area contributed by atoms with E-state index in [9.17, 15) is 0 Å². The molecule has 1 spiro atoms. The van der Waals surface area contributed by atoms with Crippen molar-refractivity contribution in [1.82, 2.24) is 0 Å². The number of benzene rings is 6. The van der Waals surface area contributed by atoms with E-state index in [0.717, 1.165) is 34.7 Å². The molecule has 6 aliphatic rings. The summed E-state index contributed by atoms with van der Waals surface area (Å²) < 4.78 is 7.01. The summed E-state index contributed by atoms with van der Waals surface area (Å²) in [7, 11) is 0. The Kier molecular flexibility index (Phi) is 7.00. The van der Waals surface area contributed by atoms with Gasteiger partial charge in [-0.1, -0.05) is 113 Å². The number of ether oxygens (including phenoxy) is 1. The molecule has 2 heteroatoms. The van der Waals surface area contributed by atoms with Crippen LogP contribution < -0.4 is 9.64 Å². The molecular formula is C52H51NO. The van der Waals surface area contributed by atoms with E-state index in [1.807, 2.05) is 0 Å². The lowest BCUT2D eigenvalue weighted by molar-refractivity contribution is -0.0452. The average Bonchev–Trinajstić information content (AvgIpc) is 3.18. The second kappa shape index (κ2) is 11.6. The van der Waals surface area contributed by atoms with Gasteiger partial charge in [-0.15, -0.1) is 0 Å². The number of fused-ring (bicyclic) bond motifs is 4. The molecule has 54 heavy (non-hydrogen) atoms. The van der Waals surface area contributed by atoms with Crippen LogP contribution in [0.1, 0.15) is 94.9 Å². The van der Waals surface area contributed by atoms with Gasteiger partial charge >= 0.3 is 0 Å². The first-order valence-electron chi connectivity index (χ1n) is 20.6. The van der Waals surface area contributed by atoms with Gasteiger partial charge in [0.1, 0.15) is 11.5 Å². The molecule has 0 atom stereocenters. The van der Waals surface area contributed by atoms with Crippen LogP contribution in [0.2, 0.25) is 0 Å². The van der Waals surface area contributed by atoms with E-state index in [1.54, 1.807) is 0 Å². The fourth-order valence-electron chi connectivity index (χ4n) is 12.5. The van der Waals surface area contributed by atoms with Gasteiger partial charge in [-0.25, -0.2) is 0 Å². The van der Waals surface area contributed by atoms with E-state index in [1.165, 1.54) is 94.8 Å². The Hall–Kier alpha value is -4.82. The molecule has 0 amide bonds. The quantitative estimate of drug-likeness (QED) is 0.181. The molecule has 5 aliphatic carbocycles. The number of nitrogens with zero attached hydrogens (tertiary/aromatic N) is 1. The van der Waals surface area contributed by atoms with Crippen molar-refractivity contribution < 1.29 is 4.74 Å². The Morgan fingerprint density at radius 1 is 0.500 bits per heavy atom. The predicted molar refractivity (Wildman–Crippen MR) is 224 cm³/mol. The van der Waals surface area contributed by atoms with Crippen LogP contribution in [-0.2, 0) is 16.2 Å². The van der Waals surface area contributed by atoms with Crippen LogP contribution in [0.15, 0.2) is 127 Å². The minimum Gasteiger partial charge on any atom is -0.457 e. The van der Waals surface area contributed by atoms with Crippen LogP contribution in [0.3, 0.4) is 0 Å². The minimum absolute atomic E-state index is 0.0441. The Morgan fingerprint density at radius 3 is 1.85 bits per heavy atom. The highest BCUT2D eigenvalue weighted by molar-refractivity contribution is 5.97. The first kappa shape index (κ1) is 32.6. The van der Waals surface area contributed by atoms with Crippen molar-refractivity contribution in [2.24, 2.45) is 23.7 Å². The van der Waals surface area contributed by atoms with E-state index in [4.69, 9.17) is 4.74 Å². The molecule has 4 bridgehead atoms. The Balaban J connectivity index is 1.08. The summed E-state index contributed by atoms with van der Waals surface area (Å²) in [6.45, 7) is 9.71. The van der Waals surface area contributed by atoms with Gasteiger partial charge in [-0.05, 0) is 149 Å². The number of hydrogen-bond donors (Lipinski definition) is 0. The van der Waals surface area contributed by atoms with Crippen LogP contribution in [0.5, 0.6) is 11.5 Å². The van der Waals surface area contributed by atoms with Crippen molar-refractivity contribution in [2.45, 2.75) is 88.9 Å². The zero-order valence-corrected chi connectivity index (χ0v) is 32.2. The first-order valence-corrected chi connectivity index (χ1v) is 20.6. The van der Waals surface area contributed by atoms with Crippen molar-refractivity contribution >= 4 is 27.8 Å². The normalized spacial score (nSPS) is 26.5. The molecule has 0 saturated heterocycles. The molecule has 1 heterocycles. The fourth-order valence-corrected chi connectivity index (χ4v) is 12.5. The highest BCUT2D eigenvalue weighted by atomic mass is 16.5. The second-order valence-corrected chi connectivity index (χ2v) is 18.9. The molecule has 0 aromatic heterocycles. The molecule has 270 valence electrons. The van der Waals surface area contributed by atoms with E-state index >= 15 is 0 Å². The summed E-state index contributed by atoms with van der Waals surface area (Å²) in [6.07, 6.45) is 9.29. The smallest absolute Gasteiger partial charge is 0.133 e. The van der Waals surface area contributed by atoms with Crippen LogP contribution in [-0.4, -0.2) is 0 Å². The van der Waals surface area contributed by atoms with E-state index < -0.39 is 0 Å². The van der Waals surface area contributed by atoms with Crippen LogP contribution in [0.4, 0.5) is 17.1 Å². The van der Waals surface area contributed by atoms with Crippen molar-refractivity contribution in [3.8, 4) is 22.6 Å². The third kappa shape index (κ3) is 4.71. The number of anilines is 3. The average molecular weight is 706 g/mol. The maximum atomic E-state index is 7.01. The minimum atomic E-state index is 0.0441. The summed E-state index contributed by atoms with van der Waals surface area (Å²) in [4.78, 5) is 2.48. The first-order chi connectivity index (χ1) is 26.2. The molecule has 2 nitrogen and oxygen atoms in total. The van der Waals surface area contributed by atoms with Crippen LogP contribution in [0, 0.1) is 23.7 Å². The molecule has 1 aliphatic heterocycles. The van der Waals surface area contributed by atoms with Crippen molar-refractivity contribution in [3.63, 3.8) is 0 Å². The number of para-hydroxylation sites is 1. The zero-order chi connectivity index (χ0) is 36.4. The van der Waals surface area contributed by atoms with Crippen molar-refractivity contribution in [1.29, 1.82) is 0 Å². The lowest BCUT2D eigenvalue weighted by Crippen LogP contribution is -2.56. The third-order valence-corrected chi connectivity index (χ3v) is 15.0. The zero-order valence-electron chi connectivity index (χ0n) is 32.2. The third-order valence-electron chi connectivity index (χ3n) is 15.0. The van der Waals surface area contributed by atoms with Crippen LogP contribution in [0.25, 0.3) is 21.9 Å². The maximum Gasteiger partial charge on any atom is 0.133 e. The molecule has 0 unspecified atom stereocenters. The number of rotatable bonds is 4. The lowest BCUT2D eigenvalue weighted by atomic mass is 9.42. The van der Waals surface area contributed by atoms with Gasteiger partial charge in [0.25, 0.3) is 0 Å². The van der Waals surface area contributed by atoms with Crippen molar-refractivity contribution in [2.75, 3.05) is 4.90 Å². The van der Waals surface area contributed by atoms with Crippen molar-refractivity contribution in [3.05, 3.63) is 150 Å². The molecule has 6 aromatic carbocycles. The molecule has 12 rings (SSSR count). The van der Waals surface area contributed by atoms with Gasteiger partial charge in [0.15, 0.2) is 0 Å². The topological polar surface area (TPSA) is 12.5 Å². The summed E-state index contributed by atoms with van der Waals surface area (Å²) in [5, 5.41) is 2.56. The van der Waals surface area contributed by atoms with Gasteiger partial charge in [-0.2, -0.15) is 0 Å². The Bertz CT molecular complexity index is 2420. The summed E-state index contributed by atoms with van der Waals surface area (Å²) >= 11 is 0. The lowest BCUT2D eigenvalue weighted by Gasteiger charge is -2.63. The molecule has 0 N–H and O–H groups in total. The highest BCUT2D eigenvalue weighted by Crippen LogP contribution is 2.69. The predicted octanol–water partition coefficient (Wildman–Crippen LogP) is 14.2. The van der Waals surface area contributed by atoms with Gasteiger partial charge in [0, 0.05) is 39.7 Å². The van der Waals surface area contributed by atoms with Gasteiger partial charge < -0.3 is 9.64 Å². The Morgan fingerprint density at radius 2 is 1.09 bits per heavy atom. The molecule has 6 aromatic rings. The standard InChI is InChI=1S/C52H51NO/c1-50(2)24-25-51(3,4)47-31-40(20-22-44(47)50)53(39-18-16-36(17-19-39)43-13-9-11-35-10-5-6-12-42(35)43)41-21-23-46-49(32-41)54-48-15-8-7-14-45(48)52(46)37-27-33-26-34(29-37)30-38(52)28-33/h5-23,31-34,37-38H,24-30H2,1-4H3. The van der Waals surface area contributed by atoms with Gasteiger partial charge in [0.2, 0.25) is 0 Å². The molecule has 4 saturated carbocycles. The molecule has 0 radical (unpaired) electrons. The monoisotopic (exact) mass is 705 g/mol. The maximum absolute atomic E-state index is 7.01.